The molecule has 9 heteroatoms. The van der Waals surface area contributed by atoms with Crippen LogP contribution in [0.1, 0.15) is 11.3 Å². The van der Waals surface area contributed by atoms with Crippen molar-refractivity contribution in [2.75, 3.05) is 0 Å². The molecule has 1 rings (SSSR count). The van der Waals surface area contributed by atoms with E-state index in [4.69, 9.17) is 16.7 Å². The first-order valence-corrected chi connectivity index (χ1v) is 5.05. The molecule has 0 saturated carbocycles. The second kappa shape index (κ2) is 5.30. The van der Waals surface area contributed by atoms with Gasteiger partial charge in [0.2, 0.25) is 5.56 Å². The molecular formula is C9H7ClF3NO4. The molecule has 0 aliphatic rings. The fourth-order valence-corrected chi connectivity index (χ4v) is 1.48. The van der Waals surface area contributed by atoms with E-state index in [0.717, 1.165) is 6.07 Å². The van der Waals surface area contributed by atoms with Crippen molar-refractivity contribution < 1.29 is 27.8 Å². The summed E-state index contributed by atoms with van der Waals surface area (Å²) in [6.07, 6.45) is -5.82. The standard InChI is InChI=1S/C9H7ClF3NO4/c10-3-4-1-6(15)14-5(2-7(16)17)8(4)18-9(11,12)13/h1H,2-3H2,(H,14,15)(H,16,17). The maximum Gasteiger partial charge on any atom is 0.573 e. The van der Waals surface area contributed by atoms with Gasteiger partial charge in [-0.05, 0) is 0 Å². The van der Waals surface area contributed by atoms with Gasteiger partial charge in [-0.1, -0.05) is 0 Å². The van der Waals surface area contributed by atoms with E-state index in [0.29, 0.717) is 0 Å². The fourth-order valence-electron chi connectivity index (χ4n) is 1.28. The van der Waals surface area contributed by atoms with E-state index in [1.54, 1.807) is 0 Å². The molecule has 0 fully saturated rings. The molecule has 0 aliphatic carbocycles. The van der Waals surface area contributed by atoms with Crippen LogP contribution < -0.4 is 10.3 Å². The van der Waals surface area contributed by atoms with Gasteiger partial charge in [0.25, 0.3) is 0 Å². The van der Waals surface area contributed by atoms with Crippen molar-refractivity contribution in [1.82, 2.24) is 4.98 Å². The normalized spacial score (nSPS) is 11.3. The third-order valence-electron chi connectivity index (χ3n) is 1.83. The molecule has 5 nitrogen and oxygen atoms in total. The Morgan fingerprint density at radius 2 is 2.11 bits per heavy atom. The van der Waals surface area contributed by atoms with Crippen molar-refractivity contribution in [3.63, 3.8) is 0 Å². The molecule has 0 radical (unpaired) electrons. The summed E-state index contributed by atoms with van der Waals surface area (Å²) < 4.78 is 40.2. The molecule has 100 valence electrons. The molecule has 0 bridgehead atoms. The number of ether oxygens (including phenoxy) is 1. The van der Waals surface area contributed by atoms with Crippen LogP contribution in [0.4, 0.5) is 13.2 Å². The van der Waals surface area contributed by atoms with E-state index in [1.165, 1.54) is 0 Å². The smallest absolute Gasteiger partial charge is 0.481 e. The number of halogens is 4. The topological polar surface area (TPSA) is 79.4 Å². The van der Waals surface area contributed by atoms with Gasteiger partial charge in [0, 0.05) is 11.6 Å². The second-order valence-corrected chi connectivity index (χ2v) is 3.49. The first-order chi connectivity index (χ1) is 8.23. The van der Waals surface area contributed by atoms with Crippen LogP contribution in [-0.2, 0) is 17.1 Å². The number of alkyl halides is 4. The van der Waals surface area contributed by atoms with Gasteiger partial charge in [0.15, 0.2) is 5.75 Å². The van der Waals surface area contributed by atoms with Crippen LogP contribution in [0.25, 0.3) is 0 Å². The summed E-state index contributed by atoms with van der Waals surface area (Å²) >= 11 is 5.39. The molecular weight excluding hydrogens is 279 g/mol. The van der Waals surface area contributed by atoms with Crippen molar-refractivity contribution in [3.8, 4) is 5.75 Å². The van der Waals surface area contributed by atoms with Crippen LogP contribution in [0.3, 0.4) is 0 Å². The Labute approximate surface area is 103 Å². The molecule has 0 unspecified atom stereocenters. The Kier molecular flexibility index (Phi) is 4.23. The Hall–Kier alpha value is -1.70. The van der Waals surface area contributed by atoms with E-state index in [-0.39, 0.29) is 5.56 Å². The van der Waals surface area contributed by atoms with Gasteiger partial charge >= 0.3 is 12.3 Å². The minimum atomic E-state index is -5.01. The average molecular weight is 286 g/mol. The number of carboxylic acids is 1. The average Bonchev–Trinajstić information content (AvgIpc) is 2.19. The lowest BCUT2D eigenvalue weighted by Gasteiger charge is -2.14. The number of hydrogen-bond donors (Lipinski definition) is 2. The van der Waals surface area contributed by atoms with Crippen LogP contribution in [0, 0.1) is 0 Å². The molecule has 1 heterocycles. The number of H-pyrrole nitrogens is 1. The maximum absolute atomic E-state index is 12.2. The lowest BCUT2D eigenvalue weighted by atomic mass is 10.2. The number of aromatic nitrogens is 1. The highest BCUT2D eigenvalue weighted by Gasteiger charge is 2.33. The van der Waals surface area contributed by atoms with E-state index in [9.17, 15) is 22.8 Å². The van der Waals surface area contributed by atoms with Crippen molar-refractivity contribution >= 4 is 17.6 Å². The van der Waals surface area contributed by atoms with E-state index in [2.05, 4.69) is 4.74 Å². The molecule has 0 spiro atoms. The summed E-state index contributed by atoms with van der Waals surface area (Å²) in [6, 6.07) is 0.819. The van der Waals surface area contributed by atoms with E-state index < -0.39 is 41.6 Å². The molecule has 1 aromatic rings. The highest BCUT2D eigenvalue weighted by atomic mass is 35.5. The molecule has 0 atom stereocenters. The Balaban J connectivity index is 3.32. The highest BCUT2D eigenvalue weighted by Crippen LogP contribution is 2.29. The molecule has 18 heavy (non-hydrogen) atoms. The summed E-state index contributed by atoms with van der Waals surface area (Å²) in [5, 5.41) is 8.55. The zero-order valence-corrected chi connectivity index (χ0v) is 9.43. The van der Waals surface area contributed by atoms with Crippen molar-refractivity contribution in [3.05, 3.63) is 27.7 Å². The fraction of sp³-hybridized carbons (Fsp3) is 0.333. The van der Waals surface area contributed by atoms with Crippen LogP contribution in [0.15, 0.2) is 10.9 Å². The van der Waals surface area contributed by atoms with Gasteiger partial charge in [0.05, 0.1) is 18.0 Å². The minimum absolute atomic E-state index is 0.228. The zero-order chi connectivity index (χ0) is 13.9. The number of carboxylic acid groups (broad SMARTS) is 1. The number of hydrogen-bond acceptors (Lipinski definition) is 3. The maximum atomic E-state index is 12.2. The zero-order valence-electron chi connectivity index (χ0n) is 8.68. The van der Waals surface area contributed by atoms with Crippen LogP contribution >= 0.6 is 11.6 Å². The van der Waals surface area contributed by atoms with Crippen molar-refractivity contribution in [1.29, 1.82) is 0 Å². The first-order valence-electron chi connectivity index (χ1n) is 4.51. The number of nitrogens with one attached hydrogen (secondary N) is 1. The van der Waals surface area contributed by atoms with E-state index >= 15 is 0 Å². The van der Waals surface area contributed by atoms with Crippen molar-refractivity contribution in [2.45, 2.75) is 18.7 Å². The van der Waals surface area contributed by atoms with Gasteiger partial charge in [-0.15, -0.1) is 24.8 Å². The van der Waals surface area contributed by atoms with E-state index in [1.807, 2.05) is 4.98 Å². The molecule has 2 N–H and O–H groups in total. The number of aromatic amines is 1. The predicted molar refractivity (Wildman–Crippen MR) is 54.6 cm³/mol. The lowest BCUT2D eigenvalue weighted by Crippen LogP contribution is -2.22. The van der Waals surface area contributed by atoms with Crippen LogP contribution in [0.2, 0.25) is 0 Å². The molecule has 1 aromatic heterocycles. The highest BCUT2D eigenvalue weighted by molar-refractivity contribution is 6.17. The van der Waals surface area contributed by atoms with Gasteiger partial charge in [-0.25, -0.2) is 0 Å². The Bertz CT molecular complexity index is 512. The van der Waals surface area contributed by atoms with Crippen molar-refractivity contribution in [2.24, 2.45) is 0 Å². The Morgan fingerprint density at radius 3 is 2.56 bits per heavy atom. The quantitative estimate of drug-likeness (QED) is 0.824. The monoisotopic (exact) mass is 285 g/mol. The van der Waals surface area contributed by atoms with Gasteiger partial charge in [-0.2, -0.15) is 0 Å². The summed E-state index contributed by atoms with van der Waals surface area (Å²) in [5.74, 6) is -2.61. The first kappa shape index (κ1) is 14.4. The predicted octanol–water partition coefficient (Wildman–Crippen LogP) is 1.64. The van der Waals surface area contributed by atoms with Gasteiger partial charge < -0.3 is 14.8 Å². The number of pyridine rings is 1. The van der Waals surface area contributed by atoms with Gasteiger partial charge in [-0.3, -0.25) is 9.59 Å². The third kappa shape index (κ3) is 3.95. The molecule has 0 saturated heterocycles. The Morgan fingerprint density at radius 1 is 1.50 bits per heavy atom. The van der Waals surface area contributed by atoms with Crippen LogP contribution in [-0.4, -0.2) is 22.4 Å². The largest absolute Gasteiger partial charge is 0.573 e. The summed E-state index contributed by atoms with van der Waals surface area (Å²) in [4.78, 5) is 23.6. The minimum Gasteiger partial charge on any atom is -0.481 e. The molecule has 0 aliphatic heterocycles. The number of rotatable bonds is 4. The molecule has 0 amide bonds. The van der Waals surface area contributed by atoms with Gasteiger partial charge in [0.1, 0.15) is 0 Å². The molecule has 0 aromatic carbocycles. The van der Waals surface area contributed by atoms with Crippen LogP contribution in [0.5, 0.6) is 5.75 Å². The summed E-state index contributed by atoms with van der Waals surface area (Å²) in [7, 11) is 0. The third-order valence-corrected chi connectivity index (χ3v) is 2.12. The lowest BCUT2D eigenvalue weighted by molar-refractivity contribution is -0.275. The second-order valence-electron chi connectivity index (χ2n) is 3.22. The number of carbonyl (C=O) groups is 1. The SMILES string of the molecule is O=C(O)Cc1[nH]c(=O)cc(CCl)c1OC(F)(F)F. The summed E-state index contributed by atoms with van der Waals surface area (Å²) in [6.45, 7) is 0. The summed E-state index contributed by atoms with van der Waals surface area (Å²) in [5.41, 5.74) is -1.46. The number of aliphatic carboxylic acids is 1.